The molecule has 6 heteroatoms. The SMILES string of the molecule is CCCCCCCCCCCCCCCCCCCCCCCCCCCC(O)C(CO)NC(=O)CCCCCCCCCCCCCCCCOC(=O)CCCCCCCCCCCCC. The summed E-state index contributed by atoms with van der Waals surface area (Å²) in [6.45, 7) is 4.96. The molecule has 0 saturated carbocycles. The zero-order chi connectivity index (χ0) is 48.6. The monoisotopic (exact) mass is 948 g/mol. The van der Waals surface area contributed by atoms with E-state index in [0.29, 0.717) is 25.9 Å². The molecule has 0 rings (SSSR count). The highest BCUT2D eigenvalue weighted by Gasteiger charge is 2.20. The lowest BCUT2D eigenvalue weighted by molar-refractivity contribution is -0.143. The molecular weight excluding hydrogens is 827 g/mol. The van der Waals surface area contributed by atoms with Crippen LogP contribution in [0.2, 0.25) is 0 Å². The number of aliphatic hydroxyl groups is 2. The van der Waals surface area contributed by atoms with Gasteiger partial charge < -0.3 is 20.3 Å². The fourth-order valence-electron chi connectivity index (χ4n) is 9.94. The Morgan fingerprint density at radius 2 is 0.612 bits per heavy atom. The van der Waals surface area contributed by atoms with E-state index in [1.165, 1.54) is 270 Å². The quantitative estimate of drug-likeness (QED) is 0.0417. The van der Waals surface area contributed by atoms with Gasteiger partial charge in [-0.25, -0.2) is 0 Å². The Morgan fingerprint density at radius 3 is 0.910 bits per heavy atom. The highest BCUT2D eigenvalue weighted by Crippen LogP contribution is 2.18. The molecule has 0 spiro atoms. The zero-order valence-electron chi connectivity index (χ0n) is 45.7. The average molecular weight is 949 g/mol. The van der Waals surface area contributed by atoms with Crippen molar-refractivity contribution in [3.05, 3.63) is 0 Å². The number of hydrogen-bond acceptors (Lipinski definition) is 5. The number of amides is 1. The normalized spacial score (nSPS) is 12.5. The van der Waals surface area contributed by atoms with Crippen molar-refractivity contribution >= 4 is 11.9 Å². The molecule has 400 valence electrons. The molecule has 0 radical (unpaired) electrons. The van der Waals surface area contributed by atoms with Gasteiger partial charge in [-0.3, -0.25) is 9.59 Å². The summed E-state index contributed by atoms with van der Waals surface area (Å²) in [5, 5.41) is 23.4. The van der Waals surface area contributed by atoms with Crippen LogP contribution in [0, 0.1) is 0 Å². The number of carbonyl (C=O) groups is 2. The van der Waals surface area contributed by atoms with Crippen molar-refractivity contribution in [2.24, 2.45) is 0 Å². The molecular formula is C61H121NO5. The maximum Gasteiger partial charge on any atom is 0.305 e. The van der Waals surface area contributed by atoms with Crippen molar-refractivity contribution in [2.75, 3.05) is 13.2 Å². The third kappa shape index (κ3) is 54.0. The van der Waals surface area contributed by atoms with Crippen LogP contribution in [-0.4, -0.2) is 47.4 Å². The Morgan fingerprint density at radius 1 is 0.358 bits per heavy atom. The fourth-order valence-corrected chi connectivity index (χ4v) is 9.94. The van der Waals surface area contributed by atoms with Crippen molar-refractivity contribution < 1.29 is 24.5 Å². The van der Waals surface area contributed by atoms with Gasteiger partial charge in [0.15, 0.2) is 0 Å². The van der Waals surface area contributed by atoms with E-state index < -0.39 is 12.1 Å². The van der Waals surface area contributed by atoms with E-state index >= 15 is 0 Å². The average Bonchev–Trinajstić information content (AvgIpc) is 3.33. The molecule has 3 N–H and O–H groups in total. The molecule has 0 aromatic carbocycles. The molecule has 0 aliphatic heterocycles. The topological polar surface area (TPSA) is 95.9 Å². The second-order valence-corrected chi connectivity index (χ2v) is 21.4. The summed E-state index contributed by atoms with van der Waals surface area (Å²) in [6, 6.07) is -0.549. The van der Waals surface area contributed by atoms with E-state index in [1.54, 1.807) is 0 Å². The first-order valence-corrected chi connectivity index (χ1v) is 30.8. The zero-order valence-corrected chi connectivity index (χ0v) is 45.7. The van der Waals surface area contributed by atoms with Crippen LogP contribution < -0.4 is 5.32 Å². The van der Waals surface area contributed by atoms with Crippen LogP contribution >= 0.6 is 0 Å². The molecule has 0 aliphatic carbocycles. The van der Waals surface area contributed by atoms with E-state index in [9.17, 15) is 19.8 Å². The summed E-state index contributed by atoms with van der Waals surface area (Å²) >= 11 is 0. The summed E-state index contributed by atoms with van der Waals surface area (Å²) in [6.07, 6.45) is 66.8. The highest BCUT2D eigenvalue weighted by atomic mass is 16.5. The lowest BCUT2D eigenvalue weighted by Gasteiger charge is -2.22. The standard InChI is InChI=1S/C61H121NO5/c1-3-5-7-9-11-13-15-16-17-18-19-20-21-22-23-24-25-26-27-30-34-37-41-45-49-53-59(64)58(57-63)62-60(65)54-50-46-42-38-35-31-28-29-32-36-40-44-48-52-56-67-61(66)55-51-47-43-39-33-14-12-10-8-6-4-2/h58-59,63-64H,3-57H2,1-2H3,(H,62,65). The lowest BCUT2D eigenvalue weighted by Crippen LogP contribution is -2.45. The molecule has 2 unspecified atom stereocenters. The van der Waals surface area contributed by atoms with Gasteiger partial charge in [0.2, 0.25) is 5.91 Å². The van der Waals surface area contributed by atoms with Crippen LogP contribution in [0.3, 0.4) is 0 Å². The molecule has 0 aliphatic rings. The van der Waals surface area contributed by atoms with E-state index in [4.69, 9.17) is 4.74 Å². The van der Waals surface area contributed by atoms with Crippen molar-refractivity contribution in [2.45, 2.75) is 366 Å². The van der Waals surface area contributed by atoms with Crippen molar-refractivity contribution in [3.8, 4) is 0 Å². The van der Waals surface area contributed by atoms with Gasteiger partial charge in [0.25, 0.3) is 0 Å². The molecule has 0 fully saturated rings. The van der Waals surface area contributed by atoms with E-state index in [2.05, 4.69) is 19.2 Å². The Bertz CT molecular complexity index is 959. The van der Waals surface area contributed by atoms with Crippen molar-refractivity contribution in [1.82, 2.24) is 5.32 Å². The van der Waals surface area contributed by atoms with Gasteiger partial charge in [-0.15, -0.1) is 0 Å². The van der Waals surface area contributed by atoms with E-state index in [0.717, 1.165) is 51.4 Å². The fraction of sp³-hybridized carbons (Fsp3) is 0.967. The smallest absolute Gasteiger partial charge is 0.305 e. The summed E-state index contributed by atoms with van der Waals surface area (Å²) in [5.74, 6) is -0.0413. The first kappa shape index (κ1) is 65.9. The van der Waals surface area contributed by atoms with Crippen molar-refractivity contribution in [1.29, 1.82) is 0 Å². The molecule has 2 atom stereocenters. The maximum absolute atomic E-state index is 12.5. The molecule has 0 aromatic rings. The van der Waals surface area contributed by atoms with Gasteiger partial charge in [-0.1, -0.05) is 316 Å². The van der Waals surface area contributed by atoms with Crippen LogP contribution in [0.25, 0.3) is 0 Å². The predicted molar refractivity (Wildman–Crippen MR) is 292 cm³/mol. The highest BCUT2D eigenvalue weighted by molar-refractivity contribution is 5.76. The first-order chi connectivity index (χ1) is 33.0. The third-order valence-electron chi connectivity index (χ3n) is 14.7. The van der Waals surface area contributed by atoms with Gasteiger partial charge >= 0.3 is 5.97 Å². The minimum atomic E-state index is -0.671. The minimum Gasteiger partial charge on any atom is -0.466 e. The van der Waals surface area contributed by atoms with Crippen molar-refractivity contribution in [3.63, 3.8) is 0 Å². The third-order valence-corrected chi connectivity index (χ3v) is 14.7. The van der Waals surface area contributed by atoms with Crippen LogP contribution in [0.4, 0.5) is 0 Å². The molecule has 6 nitrogen and oxygen atoms in total. The van der Waals surface area contributed by atoms with Gasteiger partial charge in [0, 0.05) is 12.8 Å². The number of hydrogen-bond donors (Lipinski definition) is 3. The minimum absolute atomic E-state index is 0.000916. The largest absolute Gasteiger partial charge is 0.466 e. The Labute approximate surface area is 419 Å². The molecule has 67 heavy (non-hydrogen) atoms. The van der Waals surface area contributed by atoms with Crippen LogP contribution in [0.5, 0.6) is 0 Å². The maximum atomic E-state index is 12.5. The number of rotatable bonds is 58. The molecule has 0 bridgehead atoms. The number of ether oxygens (including phenoxy) is 1. The molecule has 1 amide bonds. The van der Waals surface area contributed by atoms with Gasteiger partial charge in [0.05, 0.1) is 25.4 Å². The Balaban J connectivity index is 3.42. The van der Waals surface area contributed by atoms with Crippen LogP contribution in [0.15, 0.2) is 0 Å². The van der Waals surface area contributed by atoms with E-state index in [-0.39, 0.29) is 18.5 Å². The number of nitrogens with one attached hydrogen (secondary N) is 1. The van der Waals surface area contributed by atoms with Crippen LogP contribution in [-0.2, 0) is 14.3 Å². The van der Waals surface area contributed by atoms with Gasteiger partial charge in [-0.2, -0.15) is 0 Å². The predicted octanol–water partition coefficient (Wildman–Crippen LogP) is 19.1. The number of unbranched alkanes of at least 4 members (excludes halogenated alkanes) is 47. The second-order valence-electron chi connectivity index (χ2n) is 21.4. The van der Waals surface area contributed by atoms with E-state index in [1.807, 2.05) is 0 Å². The summed E-state index contributed by atoms with van der Waals surface area (Å²) < 4.78 is 5.46. The lowest BCUT2D eigenvalue weighted by atomic mass is 10.0. The Kier molecular flexibility index (Phi) is 56.5. The molecule has 0 aromatic heterocycles. The molecule has 0 heterocycles. The number of carbonyl (C=O) groups excluding carboxylic acids is 2. The first-order valence-electron chi connectivity index (χ1n) is 30.8. The Hall–Kier alpha value is -1.14. The second kappa shape index (κ2) is 57.4. The number of esters is 1. The summed E-state index contributed by atoms with van der Waals surface area (Å²) in [5.41, 5.74) is 0. The number of aliphatic hydroxyl groups excluding tert-OH is 2. The van der Waals surface area contributed by atoms with Gasteiger partial charge in [-0.05, 0) is 25.7 Å². The molecule has 0 saturated heterocycles. The van der Waals surface area contributed by atoms with Crippen LogP contribution in [0.1, 0.15) is 354 Å². The summed E-state index contributed by atoms with van der Waals surface area (Å²) in [7, 11) is 0. The summed E-state index contributed by atoms with van der Waals surface area (Å²) in [4.78, 5) is 24.5. The van der Waals surface area contributed by atoms with Gasteiger partial charge in [0.1, 0.15) is 0 Å².